The highest BCUT2D eigenvalue weighted by Crippen LogP contribution is 2.50. The first-order valence-corrected chi connectivity index (χ1v) is 10.1. The molecule has 2 atom stereocenters. The molecule has 3 nitrogen and oxygen atoms in total. The van der Waals surface area contributed by atoms with E-state index in [4.69, 9.17) is 4.74 Å². The van der Waals surface area contributed by atoms with Gasteiger partial charge in [-0.1, -0.05) is 0 Å². The predicted molar refractivity (Wildman–Crippen MR) is 98.3 cm³/mol. The van der Waals surface area contributed by atoms with Crippen LogP contribution in [-0.2, 0) is 0 Å². The van der Waals surface area contributed by atoms with Crippen molar-refractivity contribution in [1.29, 1.82) is 0 Å². The van der Waals surface area contributed by atoms with Crippen molar-refractivity contribution in [2.24, 2.45) is 17.8 Å². The summed E-state index contributed by atoms with van der Waals surface area (Å²) < 4.78 is 82.8. The van der Waals surface area contributed by atoms with E-state index < -0.39 is 24.5 Å². The highest BCUT2D eigenvalue weighted by atomic mass is 19.4. The van der Waals surface area contributed by atoms with Gasteiger partial charge < -0.3 is 4.74 Å². The minimum absolute atomic E-state index is 0.0175. The van der Waals surface area contributed by atoms with Gasteiger partial charge in [0, 0.05) is 6.07 Å². The van der Waals surface area contributed by atoms with E-state index in [2.05, 4.69) is 0 Å². The highest BCUT2D eigenvalue weighted by molar-refractivity contribution is 5.94. The lowest BCUT2D eigenvalue weighted by Crippen LogP contribution is -2.49. The van der Waals surface area contributed by atoms with Crippen LogP contribution in [0.15, 0.2) is 18.2 Å². The second-order valence-electron chi connectivity index (χ2n) is 8.31. The molecule has 3 rings (SSSR count). The molecule has 1 aliphatic carbocycles. The fourth-order valence-electron chi connectivity index (χ4n) is 4.29. The standard InChI is InChI=1S/C21H25F6NO2/c1-13(29)17-3-2-16(11-19(17)22)30-9-6-15-10-18(15)14-4-7-28(8-5-14)12-20(23,24)21(25,26)27/h2-3,11,14-15,18H,4-10,12H2,1H3/t15-,18-/m1/s1. The first-order chi connectivity index (χ1) is 14.0. The molecule has 0 amide bonds. The van der Waals surface area contributed by atoms with Gasteiger partial charge in [0.15, 0.2) is 5.78 Å². The maximum absolute atomic E-state index is 13.8. The average Bonchev–Trinajstić information content (AvgIpc) is 3.40. The fraction of sp³-hybridized carbons (Fsp3) is 0.667. The van der Waals surface area contributed by atoms with Gasteiger partial charge >= 0.3 is 12.1 Å². The number of likely N-dealkylation sites (tertiary alicyclic amines) is 1. The summed E-state index contributed by atoms with van der Waals surface area (Å²) in [7, 11) is 0. The maximum Gasteiger partial charge on any atom is 0.454 e. The number of rotatable bonds is 8. The normalized spacial score (nSPS) is 23.4. The quantitative estimate of drug-likeness (QED) is 0.406. The lowest BCUT2D eigenvalue weighted by Gasteiger charge is -2.34. The van der Waals surface area contributed by atoms with Gasteiger partial charge in [0.1, 0.15) is 11.6 Å². The molecule has 0 spiro atoms. The Labute approximate surface area is 171 Å². The topological polar surface area (TPSA) is 29.5 Å². The second-order valence-corrected chi connectivity index (χ2v) is 8.31. The number of benzene rings is 1. The smallest absolute Gasteiger partial charge is 0.454 e. The third-order valence-electron chi connectivity index (χ3n) is 6.13. The van der Waals surface area contributed by atoms with E-state index >= 15 is 0 Å². The van der Waals surface area contributed by atoms with Crippen molar-refractivity contribution in [1.82, 2.24) is 4.90 Å². The molecule has 0 unspecified atom stereocenters. The van der Waals surface area contributed by atoms with E-state index in [-0.39, 0.29) is 24.4 Å². The number of carbonyl (C=O) groups is 1. The molecule has 1 aromatic carbocycles. The number of hydrogen-bond acceptors (Lipinski definition) is 3. The molecule has 0 radical (unpaired) electrons. The lowest BCUT2D eigenvalue weighted by molar-refractivity contribution is -0.287. The van der Waals surface area contributed by atoms with Crippen LogP contribution in [0.2, 0.25) is 0 Å². The number of ether oxygens (including phenoxy) is 1. The summed E-state index contributed by atoms with van der Waals surface area (Å²) >= 11 is 0. The van der Waals surface area contributed by atoms with Crippen LogP contribution in [0.1, 0.15) is 43.0 Å². The molecule has 0 aromatic heterocycles. The van der Waals surface area contributed by atoms with Crippen molar-refractivity contribution < 1.29 is 35.9 Å². The Morgan fingerprint density at radius 2 is 1.83 bits per heavy atom. The fourth-order valence-corrected chi connectivity index (χ4v) is 4.29. The van der Waals surface area contributed by atoms with Gasteiger partial charge in [-0.15, -0.1) is 0 Å². The zero-order valence-corrected chi connectivity index (χ0v) is 16.7. The van der Waals surface area contributed by atoms with E-state index in [1.165, 1.54) is 24.0 Å². The van der Waals surface area contributed by atoms with E-state index in [1.807, 2.05) is 0 Å². The van der Waals surface area contributed by atoms with Gasteiger partial charge in [0.05, 0.1) is 18.7 Å². The van der Waals surface area contributed by atoms with Gasteiger partial charge in [-0.25, -0.2) is 4.39 Å². The van der Waals surface area contributed by atoms with Crippen molar-refractivity contribution >= 4 is 5.78 Å². The molecule has 9 heteroatoms. The monoisotopic (exact) mass is 437 g/mol. The summed E-state index contributed by atoms with van der Waals surface area (Å²) in [6.07, 6.45) is -2.51. The Morgan fingerprint density at radius 3 is 2.40 bits per heavy atom. The minimum atomic E-state index is -5.51. The molecule has 30 heavy (non-hydrogen) atoms. The van der Waals surface area contributed by atoms with Crippen molar-refractivity contribution in [2.75, 3.05) is 26.2 Å². The first-order valence-electron chi connectivity index (χ1n) is 10.1. The van der Waals surface area contributed by atoms with E-state index in [0.29, 0.717) is 43.0 Å². The van der Waals surface area contributed by atoms with Crippen molar-refractivity contribution in [3.63, 3.8) is 0 Å². The van der Waals surface area contributed by atoms with Gasteiger partial charge in [-0.3, -0.25) is 9.69 Å². The molecule has 1 aliphatic heterocycles. The molecule has 0 bridgehead atoms. The summed E-state index contributed by atoms with van der Waals surface area (Å²) in [4.78, 5) is 12.4. The number of carbonyl (C=O) groups excluding carboxylic acids is 1. The maximum atomic E-state index is 13.8. The van der Waals surface area contributed by atoms with E-state index in [0.717, 1.165) is 12.8 Å². The first kappa shape index (κ1) is 22.9. The molecule has 1 saturated carbocycles. The van der Waals surface area contributed by atoms with Crippen LogP contribution < -0.4 is 4.74 Å². The number of ketones is 1. The van der Waals surface area contributed by atoms with Gasteiger partial charge in [-0.2, -0.15) is 22.0 Å². The lowest BCUT2D eigenvalue weighted by atomic mass is 9.90. The Hall–Kier alpha value is -1.77. The number of piperidine rings is 1. The molecule has 1 aromatic rings. The zero-order chi connectivity index (χ0) is 22.1. The Kier molecular flexibility index (Phi) is 6.69. The van der Waals surface area contributed by atoms with Crippen LogP contribution in [-0.4, -0.2) is 49.0 Å². The number of alkyl halides is 5. The van der Waals surface area contributed by atoms with E-state index in [1.54, 1.807) is 6.07 Å². The van der Waals surface area contributed by atoms with E-state index in [9.17, 15) is 31.1 Å². The summed E-state index contributed by atoms with van der Waals surface area (Å²) in [5.74, 6) is -4.09. The Balaban J connectivity index is 1.37. The number of halogens is 6. The summed E-state index contributed by atoms with van der Waals surface area (Å²) in [5.41, 5.74) is 0.0175. The number of Topliss-reactive ketones (excluding diaryl/α,β-unsaturated/α-hetero) is 1. The summed E-state index contributed by atoms with van der Waals surface area (Å²) in [6, 6.07) is 4.13. The molecule has 2 fully saturated rings. The largest absolute Gasteiger partial charge is 0.493 e. The van der Waals surface area contributed by atoms with Gasteiger partial charge in [0.2, 0.25) is 0 Å². The molecule has 0 N–H and O–H groups in total. The molecular weight excluding hydrogens is 412 g/mol. The van der Waals surface area contributed by atoms with Crippen LogP contribution in [0.5, 0.6) is 5.75 Å². The van der Waals surface area contributed by atoms with Crippen LogP contribution in [0.3, 0.4) is 0 Å². The van der Waals surface area contributed by atoms with Gasteiger partial charge in [-0.05, 0) is 75.6 Å². The van der Waals surface area contributed by atoms with Gasteiger partial charge in [0.25, 0.3) is 0 Å². The van der Waals surface area contributed by atoms with Crippen LogP contribution in [0.25, 0.3) is 0 Å². The average molecular weight is 437 g/mol. The third-order valence-corrected chi connectivity index (χ3v) is 6.13. The minimum Gasteiger partial charge on any atom is -0.493 e. The molecule has 168 valence electrons. The second kappa shape index (κ2) is 8.77. The van der Waals surface area contributed by atoms with Crippen LogP contribution in [0, 0.1) is 23.6 Å². The number of nitrogens with zero attached hydrogens (tertiary/aromatic N) is 1. The molecule has 1 saturated heterocycles. The Morgan fingerprint density at radius 1 is 1.17 bits per heavy atom. The Bertz CT molecular complexity index is 758. The summed E-state index contributed by atoms with van der Waals surface area (Å²) in [6.45, 7) is 0.912. The van der Waals surface area contributed by atoms with Crippen molar-refractivity contribution in [3.8, 4) is 5.75 Å². The number of hydrogen-bond donors (Lipinski definition) is 0. The van der Waals surface area contributed by atoms with Crippen LogP contribution >= 0.6 is 0 Å². The van der Waals surface area contributed by atoms with Crippen molar-refractivity contribution in [2.45, 2.75) is 44.7 Å². The molecule has 2 aliphatic rings. The zero-order valence-electron chi connectivity index (χ0n) is 16.7. The highest BCUT2D eigenvalue weighted by Gasteiger charge is 2.58. The third kappa shape index (κ3) is 5.47. The molecule has 1 heterocycles. The molecular formula is C21H25F6NO2. The van der Waals surface area contributed by atoms with Crippen molar-refractivity contribution in [3.05, 3.63) is 29.6 Å². The van der Waals surface area contributed by atoms with Crippen LogP contribution in [0.4, 0.5) is 26.3 Å². The summed E-state index contributed by atoms with van der Waals surface area (Å²) in [5, 5.41) is 0. The SMILES string of the molecule is CC(=O)c1ccc(OCC[C@@H]2C[C@@H]2C2CCN(CC(F)(F)C(F)(F)F)CC2)cc1F. The predicted octanol–water partition coefficient (Wildman–Crippen LogP) is 5.34.